The third-order valence-corrected chi connectivity index (χ3v) is 2.66. The van der Waals surface area contributed by atoms with Crippen LogP contribution in [0.1, 0.15) is 18.6 Å². The Bertz CT molecular complexity index is 319. The van der Waals surface area contributed by atoms with Gasteiger partial charge in [0.05, 0.1) is 19.8 Å². The van der Waals surface area contributed by atoms with Crippen LogP contribution in [0.5, 0.6) is 5.75 Å². The van der Waals surface area contributed by atoms with Gasteiger partial charge < -0.3 is 14.8 Å². The highest BCUT2D eigenvalue weighted by molar-refractivity contribution is 5.30. The van der Waals surface area contributed by atoms with Gasteiger partial charge >= 0.3 is 0 Å². The van der Waals surface area contributed by atoms with Crippen LogP contribution >= 0.6 is 0 Å². The van der Waals surface area contributed by atoms with Gasteiger partial charge in [-0.05, 0) is 24.6 Å². The van der Waals surface area contributed by atoms with E-state index in [-0.39, 0.29) is 6.10 Å². The molecule has 0 unspecified atom stereocenters. The Morgan fingerprint density at radius 3 is 3.00 bits per heavy atom. The topological polar surface area (TPSA) is 30.5 Å². The van der Waals surface area contributed by atoms with Crippen LogP contribution in [0.25, 0.3) is 0 Å². The fourth-order valence-corrected chi connectivity index (χ4v) is 1.74. The first-order chi connectivity index (χ1) is 7.29. The third kappa shape index (κ3) is 2.49. The molecule has 0 amide bonds. The van der Waals surface area contributed by atoms with E-state index < -0.39 is 0 Å². The lowest BCUT2D eigenvalue weighted by Gasteiger charge is -2.28. The minimum Gasteiger partial charge on any atom is -0.497 e. The molecule has 0 spiro atoms. The van der Waals surface area contributed by atoms with E-state index in [9.17, 15) is 0 Å². The molecule has 1 aromatic carbocycles. The van der Waals surface area contributed by atoms with Crippen LogP contribution in [0, 0.1) is 0 Å². The molecule has 15 heavy (non-hydrogen) atoms. The molecule has 1 heterocycles. The van der Waals surface area contributed by atoms with E-state index in [2.05, 4.69) is 18.3 Å². The summed E-state index contributed by atoms with van der Waals surface area (Å²) in [5.74, 6) is 0.884. The Morgan fingerprint density at radius 1 is 1.47 bits per heavy atom. The minimum atomic E-state index is 0.149. The van der Waals surface area contributed by atoms with Gasteiger partial charge in [0.1, 0.15) is 5.75 Å². The average Bonchev–Trinajstić information content (AvgIpc) is 2.30. The summed E-state index contributed by atoms with van der Waals surface area (Å²) in [6, 6.07) is 8.50. The van der Waals surface area contributed by atoms with Gasteiger partial charge in [0, 0.05) is 12.6 Å². The van der Waals surface area contributed by atoms with Gasteiger partial charge in [-0.15, -0.1) is 0 Å². The zero-order valence-electron chi connectivity index (χ0n) is 9.19. The highest BCUT2D eigenvalue weighted by atomic mass is 16.5. The number of nitrogens with one attached hydrogen (secondary N) is 1. The normalized spacial score (nSPS) is 26.3. The highest BCUT2D eigenvalue weighted by Gasteiger charge is 2.19. The monoisotopic (exact) mass is 207 g/mol. The molecule has 1 aliphatic rings. The van der Waals surface area contributed by atoms with Crippen LogP contribution < -0.4 is 10.1 Å². The van der Waals surface area contributed by atoms with Gasteiger partial charge in [0.2, 0.25) is 0 Å². The molecule has 2 rings (SSSR count). The fourth-order valence-electron chi connectivity index (χ4n) is 1.74. The summed E-state index contributed by atoms with van der Waals surface area (Å²) < 4.78 is 10.9. The maximum atomic E-state index is 5.76. The van der Waals surface area contributed by atoms with Crippen LogP contribution in [0.2, 0.25) is 0 Å². The fraction of sp³-hybridized carbons (Fsp3) is 0.500. The second kappa shape index (κ2) is 4.64. The first-order valence-electron chi connectivity index (χ1n) is 5.28. The maximum absolute atomic E-state index is 5.76. The number of methoxy groups -OCH3 is 1. The molecule has 82 valence electrons. The number of hydrogen-bond acceptors (Lipinski definition) is 3. The van der Waals surface area contributed by atoms with Crippen LogP contribution in [-0.4, -0.2) is 26.3 Å². The Hall–Kier alpha value is -1.06. The van der Waals surface area contributed by atoms with Crippen molar-refractivity contribution in [3.63, 3.8) is 0 Å². The van der Waals surface area contributed by atoms with Gasteiger partial charge in [-0.25, -0.2) is 0 Å². The Kier molecular flexibility index (Phi) is 3.23. The van der Waals surface area contributed by atoms with Gasteiger partial charge in [0.15, 0.2) is 0 Å². The van der Waals surface area contributed by atoms with Crippen molar-refractivity contribution < 1.29 is 9.47 Å². The Morgan fingerprint density at radius 2 is 2.33 bits per heavy atom. The van der Waals surface area contributed by atoms with E-state index in [0.717, 1.165) is 18.9 Å². The molecule has 3 nitrogen and oxygen atoms in total. The molecule has 1 saturated heterocycles. The van der Waals surface area contributed by atoms with E-state index >= 15 is 0 Å². The van der Waals surface area contributed by atoms with Crippen molar-refractivity contribution in [3.05, 3.63) is 29.8 Å². The van der Waals surface area contributed by atoms with Crippen LogP contribution in [0.4, 0.5) is 0 Å². The molecule has 1 aliphatic heterocycles. The van der Waals surface area contributed by atoms with Gasteiger partial charge in [0.25, 0.3) is 0 Å². The summed E-state index contributed by atoms with van der Waals surface area (Å²) in [5.41, 5.74) is 1.17. The molecule has 3 heteroatoms. The van der Waals surface area contributed by atoms with Crippen molar-refractivity contribution in [1.82, 2.24) is 5.32 Å². The van der Waals surface area contributed by atoms with Gasteiger partial charge in [-0.1, -0.05) is 12.1 Å². The summed E-state index contributed by atoms with van der Waals surface area (Å²) in [7, 11) is 1.68. The SMILES string of the molecule is COc1cccc([C@@H]2CN[C@H](C)CO2)c1. The lowest BCUT2D eigenvalue weighted by Crippen LogP contribution is -2.40. The number of rotatable bonds is 2. The number of morpholine rings is 1. The predicted octanol–water partition coefficient (Wildman–Crippen LogP) is 1.74. The number of ether oxygens (including phenoxy) is 2. The first kappa shape index (κ1) is 10.5. The molecule has 0 aromatic heterocycles. The van der Waals surface area contributed by atoms with Crippen LogP contribution in [0.3, 0.4) is 0 Å². The largest absolute Gasteiger partial charge is 0.497 e. The van der Waals surface area contributed by atoms with Crippen molar-refractivity contribution in [3.8, 4) is 5.75 Å². The lowest BCUT2D eigenvalue weighted by atomic mass is 10.1. The molecule has 0 saturated carbocycles. The predicted molar refractivity (Wildman–Crippen MR) is 59.2 cm³/mol. The summed E-state index contributed by atoms with van der Waals surface area (Å²) in [6.07, 6.45) is 0.149. The molecular weight excluding hydrogens is 190 g/mol. The minimum absolute atomic E-state index is 0.149. The van der Waals surface area contributed by atoms with E-state index in [1.54, 1.807) is 7.11 Å². The molecule has 2 atom stereocenters. The molecule has 1 fully saturated rings. The van der Waals surface area contributed by atoms with Crippen molar-refractivity contribution in [2.24, 2.45) is 0 Å². The van der Waals surface area contributed by atoms with E-state index in [1.807, 2.05) is 18.2 Å². The maximum Gasteiger partial charge on any atom is 0.119 e. The van der Waals surface area contributed by atoms with Crippen molar-refractivity contribution in [2.45, 2.75) is 19.1 Å². The van der Waals surface area contributed by atoms with Gasteiger partial charge in [-0.2, -0.15) is 0 Å². The summed E-state index contributed by atoms with van der Waals surface area (Å²) in [5, 5.41) is 3.40. The molecule has 1 N–H and O–H groups in total. The third-order valence-electron chi connectivity index (χ3n) is 2.66. The second-order valence-corrected chi connectivity index (χ2v) is 3.91. The summed E-state index contributed by atoms with van der Waals surface area (Å²) >= 11 is 0. The standard InChI is InChI=1S/C12H17NO2/c1-9-8-15-12(7-13-9)10-4-3-5-11(6-10)14-2/h3-6,9,12-13H,7-8H2,1-2H3/t9-,12+/m1/s1. The Balaban J connectivity index is 2.08. The van der Waals surface area contributed by atoms with E-state index in [1.165, 1.54) is 5.56 Å². The summed E-state index contributed by atoms with van der Waals surface area (Å²) in [6.45, 7) is 3.76. The molecule has 0 aliphatic carbocycles. The molecule has 0 bridgehead atoms. The second-order valence-electron chi connectivity index (χ2n) is 3.91. The first-order valence-corrected chi connectivity index (χ1v) is 5.28. The van der Waals surface area contributed by atoms with E-state index in [4.69, 9.17) is 9.47 Å². The van der Waals surface area contributed by atoms with Crippen LogP contribution in [-0.2, 0) is 4.74 Å². The Labute approximate surface area is 90.4 Å². The van der Waals surface area contributed by atoms with Gasteiger partial charge in [-0.3, -0.25) is 0 Å². The number of benzene rings is 1. The zero-order chi connectivity index (χ0) is 10.7. The molecule has 1 aromatic rings. The van der Waals surface area contributed by atoms with E-state index in [0.29, 0.717) is 6.04 Å². The van der Waals surface area contributed by atoms with Crippen molar-refractivity contribution in [2.75, 3.05) is 20.3 Å². The lowest BCUT2D eigenvalue weighted by molar-refractivity contribution is 0.00686. The summed E-state index contributed by atoms with van der Waals surface area (Å²) in [4.78, 5) is 0. The molecular formula is C12H17NO2. The molecule has 0 radical (unpaired) electrons. The van der Waals surface area contributed by atoms with Crippen molar-refractivity contribution >= 4 is 0 Å². The highest BCUT2D eigenvalue weighted by Crippen LogP contribution is 2.23. The van der Waals surface area contributed by atoms with Crippen LogP contribution in [0.15, 0.2) is 24.3 Å². The average molecular weight is 207 g/mol. The van der Waals surface area contributed by atoms with Crippen molar-refractivity contribution in [1.29, 1.82) is 0 Å². The smallest absolute Gasteiger partial charge is 0.119 e. The number of hydrogen-bond donors (Lipinski definition) is 1. The quantitative estimate of drug-likeness (QED) is 0.801. The zero-order valence-corrected chi connectivity index (χ0v) is 9.19.